The van der Waals surface area contributed by atoms with Crippen molar-refractivity contribution in [2.24, 2.45) is 0 Å². The van der Waals surface area contributed by atoms with Gasteiger partial charge in [-0.25, -0.2) is 4.79 Å². The van der Waals surface area contributed by atoms with E-state index in [1.807, 2.05) is 4.90 Å². The smallest absolute Gasteiger partial charge is 0.341 e. The lowest BCUT2D eigenvalue weighted by Gasteiger charge is -2.30. The number of carbonyl (C=O) groups is 3. The molecule has 1 heterocycles. The average Bonchev–Trinajstić information content (AvgIpc) is 2.82. The van der Waals surface area contributed by atoms with Gasteiger partial charge in [0, 0.05) is 50.6 Å². The van der Waals surface area contributed by atoms with Gasteiger partial charge in [-0.3, -0.25) is 19.7 Å². The minimum absolute atomic E-state index is 0.00505. The van der Waals surface area contributed by atoms with Gasteiger partial charge in [-0.05, 0) is 30.3 Å². The Morgan fingerprint density at radius 2 is 1.79 bits per heavy atom. The predicted octanol–water partition coefficient (Wildman–Crippen LogP) is 1.93. The highest BCUT2D eigenvalue weighted by atomic mass is 16.6. The fourth-order valence-electron chi connectivity index (χ4n) is 3.24. The third kappa shape index (κ3) is 6.04. The topological polar surface area (TPSA) is 131 Å². The SMILES string of the molecule is CN(C)C(=O)c1ccc(NC(=O)COC(=O)c2cc([N+](=O)[O-])ccc2N2CCOCC2)cc1. The molecular formula is C22H24N4O7. The molecule has 1 aliphatic rings. The van der Waals surface area contributed by atoms with Crippen LogP contribution < -0.4 is 10.2 Å². The van der Waals surface area contributed by atoms with Crippen LogP contribution in [0.4, 0.5) is 17.1 Å². The summed E-state index contributed by atoms with van der Waals surface area (Å²) < 4.78 is 10.4. The number of anilines is 2. The lowest BCUT2D eigenvalue weighted by Crippen LogP contribution is -2.37. The number of morpholine rings is 1. The van der Waals surface area contributed by atoms with E-state index >= 15 is 0 Å². The normalized spacial score (nSPS) is 13.2. The Morgan fingerprint density at radius 1 is 1.12 bits per heavy atom. The molecule has 174 valence electrons. The highest BCUT2D eigenvalue weighted by molar-refractivity contribution is 5.99. The number of ether oxygens (including phenoxy) is 2. The van der Waals surface area contributed by atoms with E-state index in [1.54, 1.807) is 38.4 Å². The first-order valence-electron chi connectivity index (χ1n) is 10.2. The molecule has 11 nitrogen and oxygen atoms in total. The molecule has 0 unspecified atom stereocenters. The standard InChI is InChI=1S/C22H24N4O7/c1-24(2)21(28)15-3-5-16(6-4-15)23-20(27)14-33-22(29)18-13-17(26(30)31)7-8-19(18)25-9-11-32-12-10-25/h3-8,13H,9-12,14H2,1-2H3,(H,23,27). The maximum atomic E-state index is 12.7. The van der Waals surface area contributed by atoms with Gasteiger partial charge in [0.2, 0.25) is 0 Å². The van der Waals surface area contributed by atoms with Gasteiger partial charge in [0.05, 0.1) is 29.4 Å². The fourth-order valence-corrected chi connectivity index (χ4v) is 3.24. The van der Waals surface area contributed by atoms with E-state index in [4.69, 9.17) is 9.47 Å². The molecule has 11 heteroatoms. The molecule has 1 aliphatic heterocycles. The molecule has 2 aromatic rings. The van der Waals surface area contributed by atoms with Crippen LogP contribution in [0.3, 0.4) is 0 Å². The summed E-state index contributed by atoms with van der Waals surface area (Å²) in [4.78, 5) is 50.7. The molecular weight excluding hydrogens is 432 g/mol. The second-order valence-electron chi connectivity index (χ2n) is 7.46. The van der Waals surface area contributed by atoms with Crippen LogP contribution >= 0.6 is 0 Å². The molecule has 2 amide bonds. The monoisotopic (exact) mass is 456 g/mol. The van der Waals surface area contributed by atoms with Gasteiger partial charge in [-0.2, -0.15) is 0 Å². The molecule has 1 N–H and O–H groups in total. The van der Waals surface area contributed by atoms with E-state index in [-0.39, 0.29) is 17.2 Å². The highest BCUT2D eigenvalue weighted by Crippen LogP contribution is 2.27. The number of nitrogens with zero attached hydrogens (tertiary/aromatic N) is 3. The van der Waals surface area contributed by atoms with Crippen molar-refractivity contribution in [3.8, 4) is 0 Å². The molecule has 2 aromatic carbocycles. The number of hydrogen-bond acceptors (Lipinski definition) is 8. The van der Waals surface area contributed by atoms with E-state index in [1.165, 1.54) is 17.0 Å². The van der Waals surface area contributed by atoms with Crippen molar-refractivity contribution in [3.05, 3.63) is 63.7 Å². The third-order valence-electron chi connectivity index (χ3n) is 4.92. The predicted molar refractivity (Wildman–Crippen MR) is 120 cm³/mol. The summed E-state index contributed by atoms with van der Waals surface area (Å²) >= 11 is 0. The largest absolute Gasteiger partial charge is 0.452 e. The van der Waals surface area contributed by atoms with E-state index < -0.39 is 23.4 Å². The van der Waals surface area contributed by atoms with Gasteiger partial charge >= 0.3 is 5.97 Å². The van der Waals surface area contributed by atoms with Crippen LogP contribution in [0, 0.1) is 10.1 Å². The summed E-state index contributed by atoms with van der Waals surface area (Å²) in [6, 6.07) is 10.2. The minimum Gasteiger partial charge on any atom is -0.452 e. The van der Waals surface area contributed by atoms with Gasteiger partial charge in [0.25, 0.3) is 17.5 Å². The number of nitro benzene ring substituents is 1. The van der Waals surface area contributed by atoms with Crippen molar-refractivity contribution in [2.75, 3.05) is 57.2 Å². The number of nitrogens with one attached hydrogen (secondary N) is 1. The summed E-state index contributed by atoms with van der Waals surface area (Å²) in [5.41, 5.74) is 1.12. The molecule has 33 heavy (non-hydrogen) atoms. The number of non-ortho nitro benzene ring substituents is 1. The Labute approximate surface area is 190 Å². The lowest BCUT2D eigenvalue weighted by molar-refractivity contribution is -0.384. The summed E-state index contributed by atoms with van der Waals surface area (Å²) in [5, 5.41) is 13.7. The van der Waals surface area contributed by atoms with Gasteiger partial charge in [-0.1, -0.05) is 0 Å². The van der Waals surface area contributed by atoms with Gasteiger partial charge in [-0.15, -0.1) is 0 Å². The Morgan fingerprint density at radius 3 is 2.39 bits per heavy atom. The Balaban J connectivity index is 1.66. The van der Waals surface area contributed by atoms with Crippen LogP contribution in [-0.2, 0) is 14.3 Å². The number of amides is 2. The van der Waals surface area contributed by atoms with Crippen LogP contribution in [0.1, 0.15) is 20.7 Å². The number of hydrogen-bond donors (Lipinski definition) is 1. The van der Waals surface area contributed by atoms with E-state index in [0.717, 1.165) is 6.07 Å². The van der Waals surface area contributed by atoms with Crippen molar-refractivity contribution in [1.29, 1.82) is 0 Å². The van der Waals surface area contributed by atoms with Crippen molar-refractivity contribution in [1.82, 2.24) is 4.90 Å². The number of benzene rings is 2. The van der Waals surface area contributed by atoms with Crippen molar-refractivity contribution in [2.45, 2.75) is 0 Å². The molecule has 0 aromatic heterocycles. The Bertz CT molecular complexity index is 1050. The zero-order valence-corrected chi connectivity index (χ0v) is 18.3. The summed E-state index contributed by atoms with van der Waals surface area (Å²) in [5.74, 6) is -1.61. The van der Waals surface area contributed by atoms with Crippen LogP contribution in [0.15, 0.2) is 42.5 Å². The van der Waals surface area contributed by atoms with Crippen molar-refractivity contribution < 1.29 is 28.8 Å². The van der Waals surface area contributed by atoms with Crippen LogP contribution in [0.2, 0.25) is 0 Å². The zero-order valence-electron chi connectivity index (χ0n) is 18.3. The minimum atomic E-state index is -0.845. The molecule has 0 atom stereocenters. The quantitative estimate of drug-likeness (QED) is 0.380. The van der Waals surface area contributed by atoms with Gasteiger partial charge < -0.3 is 24.6 Å². The van der Waals surface area contributed by atoms with Crippen LogP contribution in [0.25, 0.3) is 0 Å². The second-order valence-corrected chi connectivity index (χ2v) is 7.46. The molecule has 0 radical (unpaired) electrons. The van der Waals surface area contributed by atoms with Gasteiger partial charge in [0.1, 0.15) is 0 Å². The molecule has 1 saturated heterocycles. The first kappa shape index (κ1) is 23.7. The van der Waals surface area contributed by atoms with Crippen LogP contribution in [0.5, 0.6) is 0 Å². The van der Waals surface area contributed by atoms with E-state index in [9.17, 15) is 24.5 Å². The fraction of sp³-hybridized carbons (Fsp3) is 0.318. The Hall–Kier alpha value is -3.99. The van der Waals surface area contributed by atoms with Gasteiger partial charge in [0.15, 0.2) is 6.61 Å². The maximum absolute atomic E-state index is 12.7. The summed E-state index contributed by atoms with van der Waals surface area (Å²) in [6.45, 7) is 1.39. The van der Waals surface area contributed by atoms with Crippen molar-refractivity contribution in [3.63, 3.8) is 0 Å². The van der Waals surface area contributed by atoms with Crippen molar-refractivity contribution >= 4 is 34.8 Å². The first-order valence-corrected chi connectivity index (χ1v) is 10.2. The molecule has 3 rings (SSSR count). The maximum Gasteiger partial charge on any atom is 0.341 e. The summed E-state index contributed by atoms with van der Waals surface area (Å²) in [7, 11) is 3.27. The third-order valence-corrected chi connectivity index (χ3v) is 4.92. The molecule has 0 spiro atoms. The number of nitro groups is 1. The second kappa shape index (κ2) is 10.6. The molecule has 0 bridgehead atoms. The Kier molecular flexibility index (Phi) is 7.57. The number of esters is 1. The average molecular weight is 456 g/mol. The van der Waals surface area contributed by atoms with E-state index in [2.05, 4.69) is 5.32 Å². The molecule has 1 fully saturated rings. The van der Waals surface area contributed by atoms with Crippen LogP contribution in [-0.4, -0.2) is 74.6 Å². The van der Waals surface area contributed by atoms with E-state index in [0.29, 0.717) is 43.2 Å². The lowest BCUT2D eigenvalue weighted by atomic mass is 10.1. The molecule has 0 aliphatic carbocycles. The summed E-state index contributed by atoms with van der Waals surface area (Å²) in [6.07, 6.45) is 0. The highest BCUT2D eigenvalue weighted by Gasteiger charge is 2.23. The number of carbonyl (C=O) groups excluding carboxylic acids is 3. The number of rotatable bonds is 7. The zero-order chi connectivity index (χ0) is 24.0. The first-order chi connectivity index (χ1) is 15.8. The molecule has 0 saturated carbocycles.